The Kier molecular flexibility index (Phi) is 3.20. The summed E-state index contributed by atoms with van der Waals surface area (Å²) in [5, 5.41) is 15.9. The van der Waals surface area contributed by atoms with Crippen LogP contribution < -0.4 is 10.9 Å². The lowest BCUT2D eigenvalue weighted by molar-refractivity contribution is -0.114. The van der Waals surface area contributed by atoms with Gasteiger partial charge in [0.05, 0.1) is 11.9 Å². The van der Waals surface area contributed by atoms with Gasteiger partial charge in [-0.15, -0.1) is 0 Å². The van der Waals surface area contributed by atoms with Gasteiger partial charge in [-0.2, -0.15) is 10.4 Å². The minimum Gasteiger partial charge on any atom is -0.326 e. The van der Waals surface area contributed by atoms with Crippen molar-refractivity contribution in [1.82, 2.24) is 14.6 Å². The lowest BCUT2D eigenvalue weighted by Crippen LogP contribution is -2.10. The zero-order chi connectivity index (χ0) is 15.7. The lowest BCUT2D eigenvalue weighted by atomic mass is 10.1. The number of aromatic amines is 1. The molecule has 1 aromatic carbocycles. The summed E-state index contributed by atoms with van der Waals surface area (Å²) in [5.41, 5.74) is 2.16. The smallest absolute Gasteiger partial charge is 0.251 e. The molecular weight excluding hydrogens is 282 g/mol. The van der Waals surface area contributed by atoms with Crippen LogP contribution in [-0.4, -0.2) is 20.5 Å². The molecular formula is C15H11N5O2. The van der Waals surface area contributed by atoms with Crippen molar-refractivity contribution in [2.24, 2.45) is 0 Å². The Balaban J connectivity index is 2.22. The van der Waals surface area contributed by atoms with Gasteiger partial charge in [0.1, 0.15) is 11.6 Å². The van der Waals surface area contributed by atoms with E-state index in [1.807, 2.05) is 6.07 Å². The van der Waals surface area contributed by atoms with E-state index < -0.39 is 0 Å². The number of anilines is 1. The fourth-order valence-electron chi connectivity index (χ4n) is 2.24. The molecule has 2 aromatic heterocycles. The first-order chi connectivity index (χ1) is 10.6. The van der Waals surface area contributed by atoms with Crippen molar-refractivity contribution in [2.45, 2.75) is 6.92 Å². The van der Waals surface area contributed by atoms with E-state index in [0.29, 0.717) is 22.6 Å². The molecule has 2 N–H and O–H groups in total. The van der Waals surface area contributed by atoms with Gasteiger partial charge >= 0.3 is 0 Å². The van der Waals surface area contributed by atoms with Crippen molar-refractivity contribution < 1.29 is 4.79 Å². The van der Waals surface area contributed by atoms with E-state index in [0.717, 1.165) is 0 Å². The Morgan fingerprint density at radius 1 is 1.41 bits per heavy atom. The van der Waals surface area contributed by atoms with E-state index >= 15 is 0 Å². The molecule has 0 aliphatic carbocycles. The largest absolute Gasteiger partial charge is 0.326 e. The average Bonchev–Trinajstić information content (AvgIpc) is 2.88. The summed E-state index contributed by atoms with van der Waals surface area (Å²) in [6.07, 6.45) is 1.40. The van der Waals surface area contributed by atoms with Gasteiger partial charge in [0.15, 0.2) is 5.65 Å². The predicted octanol–water partition coefficient (Wildman–Crippen LogP) is 1.52. The lowest BCUT2D eigenvalue weighted by Gasteiger charge is -2.07. The molecule has 0 spiro atoms. The molecule has 7 nitrogen and oxygen atoms in total. The standard InChI is InChI=1S/C15H11N5O2/c1-9(21)18-12-4-2-3-10(5-12)13-6-14(22)19-15-11(7-16)8-17-20(13)15/h2-6,8H,1H3,(H,18,21)(H,19,22). The van der Waals surface area contributed by atoms with Crippen molar-refractivity contribution >= 4 is 17.2 Å². The van der Waals surface area contributed by atoms with Gasteiger partial charge in [-0.1, -0.05) is 12.1 Å². The molecule has 108 valence electrons. The van der Waals surface area contributed by atoms with E-state index in [1.165, 1.54) is 23.7 Å². The number of carbonyl (C=O) groups is 1. The molecule has 0 unspecified atom stereocenters. The third kappa shape index (κ3) is 2.33. The zero-order valence-electron chi connectivity index (χ0n) is 11.6. The summed E-state index contributed by atoms with van der Waals surface area (Å²) < 4.78 is 1.49. The number of aromatic nitrogens is 3. The number of nitrogens with one attached hydrogen (secondary N) is 2. The molecule has 0 radical (unpaired) electrons. The highest BCUT2D eigenvalue weighted by atomic mass is 16.1. The number of hydrogen-bond donors (Lipinski definition) is 2. The number of nitriles is 1. The first kappa shape index (κ1) is 13.6. The Labute approximate surface area is 124 Å². The summed E-state index contributed by atoms with van der Waals surface area (Å²) >= 11 is 0. The molecule has 1 amide bonds. The second-order valence-electron chi connectivity index (χ2n) is 4.71. The van der Waals surface area contributed by atoms with E-state index in [1.54, 1.807) is 24.3 Å². The number of benzene rings is 1. The molecule has 2 heterocycles. The highest BCUT2D eigenvalue weighted by molar-refractivity contribution is 5.89. The van der Waals surface area contributed by atoms with Crippen LogP contribution in [-0.2, 0) is 4.79 Å². The van der Waals surface area contributed by atoms with Crippen LogP contribution in [0.2, 0.25) is 0 Å². The minimum absolute atomic E-state index is 0.181. The third-order valence-corrected chi connectivity index (χ3v) is 3.11. The number of hydrogen-bond acceptors (Lipinski definition) is 4. The van der Waals surface area contributed by atoms with Crippen molar-refractivity contribution in [3.05, 3.63) is 52.4 Å². The number of carbonyl (C=O) groups excluding carboxylic acids is 1. The van der Waals surface area contributed by atoms with Crippen LogP contribution >= 0.6 is 0 Å². The van der Waals surface area contributed by atoms with E-state index in [4.69, 9.17) is 5.26 Å². The maximum absolute atomic E-state index is 11.8. The molecule has 0 aliphatic rings. The Morgan fingerprint density at radius 2 is 2.23 bits per heavy atom. The van der Waals surface area contributed by atoms with E-state index in [9.17, 15) is 9.59 Å². The first-order valence-electron chi connectivity index (χ1n) is 6.47. The van der Waals surface area contributed by atoms with Gasteiger partial charge in [-0.25, -0.2) is 4.52 Å². The van der Waals surface area contributed by atoms with Crippen LogP contribution in [0.25, 0.3) is 16.9 Å². The molecule has 22 heavy (non-hydrogen) atoms. The third-order valence-electron chi connectivity index (χ3n) is 3.11. The second kappa shape index (κ2) is 5.18. The molecule has 0 saturated heterocycles. The van der Waals surface area contributed by atoms with Gasteiger partial charge in [0.25, 0.3) is 5.56 Å². The van der Waals surface area contributed by atoms with Gasteiger partial charge in [-0.3, -0.25) is 9.59 Å². The summed E-state index contributed by atoms with van der Waals surface area (Å²) in [6, 6.07) is 10.4. The number of H-pyrrole nitrogens is 1. The Bertz CT molecular complexity index is 977. The molecule has 0 bridgehead atoms. The van der Waals surface area contributed by atoms with Crippen molar-refractivity contribution in [3.8, 4) is 17.3 Å². The normalized spacial score (nSPS) is 10.4. The molecule has 0 saturated carbocycles. The maximum atomic E-state index is 11.8. The number of fused-ring (bicyclic) bond motifs is 1. The average molecular weight is 293 g/mol. The predicted molar refractivity (Wildman–Crippen MR) is 80.3 cm³/mol. The minimum atomic E-state index is -0.329. The molecule has 7 heteroatoms. The molecule has 3 aromatic rings. The van der Waals surface area contributed by atoms with Crippen molar-refractivity contribution in [3.63, 3.8) is 0 Å². The summed E-state index contributed by atoms with van der Waals surface area (Å²) in [4.78, 5) is 25.6. The summed E-state index contributed by atoms with van der Waals surface area (Å²) in [6.45, 7) is 1.42. The van der Waals surface area contributed by atoms with E-state index in [-0.39, 0.29) is 17.0 Å². The monoisotopic (exact) mass is 293 g/mol. The number of rotatable bonds is 2. The SMILES string of the molecule is CC(=O)Nc1cccc(-c2cc(=O)[nH]c3c(C#N)cnn23)c1. The van der Waals surface area contributed by atoms with Gasteiger partial charge in [0, 0.05) is 24.2 Å². The molecule has 0 aliphatic heterocycles. The van der Waals surface area contributed by atoms with Crippen LogP contribution in [0.1, 0.15) is 12.5 Å². The highest BCUT2D eigenvalue weighted by Crippen LogP contribution is 2.22. The highest BCUT2D eigenvalue weighted by Gasteiger charge is 2.11. The topological polar surface area (TPSA) is 103 Å². The van der Waals surface area contributed by atoms with Crippen molar-refractivity contribution in [2.75, 3.05) is 5.32 Å². The first-order valence-corrected chi connectivity index (χ1v) is 6.47. The van der Waals surface area contributed by atoms with Gasteiger partial charge in [0.2, 0.25) is 5.91 Å². The van der Waals surface area contributed by atoms with Crippen molar-refractivity contribution in [1.29, 1.82) is 5.26 Å². The molecule has 0 atom stereocenters. The summed E-state index contributed by atoms with van der Waals surface area (Å²) in [7, 11) is 0. The quantitative estimate of drug-likeness (QED) is 0.747. The maximum Gasteiger partial charge on any atom is 0.251 e. The summed E-state index contributed by atoms with van der Waals surface area (Å²) in [5.74, 6) is -0.181. The van der Waals surface area contributed by atoms with Crippen LogP contribution in [0, 0.1) is 11.3 Å². The van der Waals surface area contributed by atoms with Crippen LogP contribution in [0.5, 0.6) is 0 Å². The van der Waals surface area contributed by atoms with E-state index in [2.05, 4.69) is 15.4 Å². The zero-order valence-corrected chi connectivity index (χ0v) is 11.6. The fourth-order valence-corrected chi connectivity index (χ4v) is 2.24. The van der Waals surface area contributed by atoms with Crippen LogP contribution in [0.4, 0.5) is 5.69 Å². The van der Waals surface area contributed by atoms with Gasteiger partial charge < -0.3 is 10.3 Å². The van der Waals surface area contributed by atoms with Gasteiger partial charge in [-0.05, 0) is 12.1 Å². The number of amides is 1. The number of nitrogens with zero attached hydrogens (tertiary/aromatic N) is 3. The molecule has 0 fully saturated rings. The fraction of sp³-hybridized carbons (Fsp3) is 0.0667. The van der Waals surface area contributed by atoms with Crippen LogP contribution in [0.15, 0.2) is 41.3 Å². The Morgan fingerprint density at radius 3 is 2.95 bits per heavy atom. The second-order valence-corrected chi connectivity index (χ2v) is 4.71. The van der Waals surface area contributed by atoms with Crippen LogP contribution in [0.3, 0.4) is 0 Å². The molecule has 3 rings (SSSR count). The Hall–Kier alpha value is -3.40.